The van der Waals surface area contributed by atoms with E-state index in [4.69, 9.17) is 75.5 Å². The average molecular weight is 1210 g/mol. The molecule has 0 saturated carbocycles. The number of benzene rings is 8. The predicted octanol–water partition coefficient (Wildman–Crippen LogP) is 15.1. The van der Waals surface area contributed by atoms with Crippen LogP contribution in [0.1, 0.15) is 182 Å². The molecule has 16 nitrogen and oxygen atoms in total. The second kappa shape index (κ2) is 31.6. The van der Waals surface area contributed by atoms with Gasteiger partial charge in [0.15, 0.2) is 23.3 Å². The number of fused-ring (bicyclic) bond motifs is 18. The number of hydrogen-bond acceptors (Lipinski definition) is 14. The van der Waals surface area contributed by atoms with E-state index in [0.29, 0.717) is 62.6 Å². The molecule has 8 aromatic carbocycles. The molecule has 15 N–H and O–H groups in total. The van der Waals surface area contributed by atoms with Gasteiger partial charge in [-0.15, -0.1) is 0 Å². The Morgan fingerprint density at radius 1 is 0.326 bits per heavy atom. The minimum atomic E-state index is 0. The summed E-state index contributed by atoms with van der Waals surface area (Å²) in [6, 6.07) is 32.5. The van der Waals surface area contributed by atoms with Crippen molar-refractivity contribution >= 4 is 106 Å². The van der Waals surface area contributed by atoms with E-state index in [2.05, 4.69) is 45.5 Å². The molecule has 0 amide bonds. The zero-order chi connectivity index (χ0) is 57.6. The molecule has 6 heterocycles. The van der Waals surface area contributed by atoms with Gasteiger partial charge in [0.05, 0.1) is 0 Å². The number of aliphatic imine (C=N–C) groups is 4. The van der Waals surface area contributed by atoms with Gasteiger partial charge in [-0.1, -0.05) is 212 Å². The van der Waals surface area contributed by atoms with Gasteiger partial charge in [-0.25, -0.2) is 30.0 Å². The molecule has 0 unspecified atom stereocenters. The molecule has 0 fully saturated rings. The highest BCUT2D eigenvalue weighted by atomic mass is 15.3. The zero-order valence-corrected chi connectivity index (χ0v) is 47.6. The maximum Gasteiger partial charge on any atom is 0.165 e. The summed E-state index contributed by atoms with van der Waals surface area (Å²) in [5.74, 6) is 2.67. The lowest BCUT2D eigenvalue weighted by Gasteiger charge is -2.16. The van der Waals surface area contributed by atoms with E-state index in [1.807, 2.05) is 116 Å². The van der Waals surface area contributed by atoms with Crippen LogP contribution in [0.25, 0.3) is 64.6 Å². The maximum absolute atomic E-state index is 9.05. The third-order valence-corrected chi connectivity index (χ3v) is 15.6. The predicted molar refractivity (Wildman–Crippen MR) is 392 cm³/mol. The number of nitrogens with zero attached hydrogens (tertiary/aromatic N) is 8. The van der Waals surface area contributed by atoms with Crippen LogP contribution in [0.2, 0.25) is 0 Å². The van der Waals surface area contributed by atoms with Gasteiger partial charge in [0.25, 0.3) is 0 Å². The quantitative estimate of drug-likeness (QED) is 0.0680. The lowest BCUT2D eigenvalue weighted by atomic mass is 9.89. The zero-order valence-electron chi connectivity index (χ0n) is 47.6. The van der Waals surface area contributed by atoms with Crippen LogP contribution in [0.5, 0.6) is 0 Å². The van der Waals surface area contributed by atoms with Crippen LogP contribution in [0.4, 0.5) is 11.6 Å². The fraction of sp³-hybridized carbons (Fsp3) is 0.329. The number of hydrogen-bond donors (Lipinski definition) is 8. The van der Waals surface area contributed by atoms with Crippen LogP contribution >= 0.6 is 0 Å². The molecule has 0 atom stereocenters. The van der Waals surface area contributed by atoms with Gasteiger partial charge < -0.3 is 45.5 Å². The van der Waals surface area contributed by atoms with Crippen molar-refractivity contribution in [1.82, 2.24) is 9.13 Å². The standard InChI is InChI=1S/C57H48N16.4C2H6.8CH4/c58-17-34-26-9-1-2-10-27(26)35(18-59)43-42(34)50-66-51(43)69-55-48-40(23-64)32-15-7-8-16-33(32)41(24-65)49(48)57-71-53-45-37(20-61)29-12-4-3-11-28(29)36(19-60)44(45)52(67-53)70-56-47-39(22-63)31-14-6-5-13-30(31)38(21-62)46(47)54(68-50)72(56)25-73(55)57;4*1-2;;;;;;;;/h1-17,58H,18-25,59-65H2;4*1-2H3;8*1H4. The SMILES string of the molecule is C.C.C.C.C.C.C.C.CC.CC.CC.CC.N=Cc1c2c(c(CN)c3ccccc13)C1=NC2=Nc2c3c(CN)c4ccccc4c(CN)c3c3n2Cn2c(c4c(CN)c5ccccc5c(CN)c4c2=NC2=NC(=N3)c3c2c(CN)c2ccccc2c3CN)=N1. The number of amidine groups is 4. The lowest BCUT2D eigenvalue weighted by Crippen LogP contribution is -2.32. The first-order chi connectivity index (χ1) is 39.9. The van der Waals surface area contributed by atoms with Crippen molar-refractivity contribution < 1.29 is 0 Å². The van der Waals surface area contributed by atoms with Crippen molar-refractivity contribution in [3.05, 3.63) is 175 Å². The van der Waals surface area contributed by atoms with E-state index in [-0.39, 0.29) is 112 Å². The number of aromatic nitrogens is 2. The van der Waals surface area contributed by atoms with E-state index >= 15 is 0 Å². The molecule has 4 aliphatic rings. The Hall–Kier alpha value is -8.45. The van der Waals surface area contributed by atoms with Crippen LogP contribution in [0.3, 0.4) is 0 Å². The fourth-order valence-electron chi connectivity index (χ4n) is 12.6. The Morgan fingerprint density at radius 3 is 0.876 bits per heavy atom. The van der Waals surface area contributed by atoms with Crippen molar-refractivity contribution in [2.75, 3.05) is 0 Å². The Labute approximate surface area is 530 Å². The first kappa shape index (κ1) is 76.6. The normalized spacial score (nSPS) is 12.0. The molecular formula is C73H104N16. The van der Waals surface area contributed by atoms with Gasteiger partial charge >= 0.3 is 0 Å². The summed E-state index contributed by atoms with van der Waals surface area (Å²) < 4.78 is 4.20. The third-order valence-electron chi connectivity index (χ3n) is 15.6. The van der Waals surface area contributed by atoms with Crippen LogP contribution in [0, 0.1) is 5.41 Å². The first-order valence-electron chi connectivity index (χ1n) is 28.4. The summed E-state index contributed by atoms with van der Waals surface area (Å²) in [6.45, 7) is 17.3. The van der Waals surface area contributed by atoms with E-state index in [0.717, 1.165) is 115 Å². The smallest absolute Gasteiger partial charge is 0.165 e. The van der Waals surface area contributed by atoms with Gasteiger partial charge in [0.1, 0.15) is 29.3 Å². The third kappa shape index (κ3) is 11.1. The van der Waals surface area contributed by atoms with Crippen LogP contribution in [-0.4, -0.2) is 38.7 Å². The summed E-state index contributed by atoms with van der Waals surface area (Å²) in [5, 5.41) is 19.6. The molecule has 476 valence electrons. The Bertz CT molecular complexity index is 4490. The minimum absolute atomic E-state index is 0. The fourth-order valence-corrected chi connectivity index (χ4v) is 12.6. The van der Waals surface area contributed by atoms with Gasteiger partial charge in [-0.2, -0.15) is 0 Å². The Balaban J connectivity index is 0.00000163. The molecule has 16 heteroatoms. The monoisotopic (exact) mass is 1200 g/mol. The molecule has 2 aromatic heterocycles. The molecule has 10 aromatic rings. The molecule has 0 saturated heterocycles. The molecule has 0 aliphatic carbocycles. The summed E-state index contributed by atoms with van der Waals surface area (Å²) >= 11 is 0. The number of rotatable bonds is 8. The van der Waals surface area contributed by atoms with Crippen LogP contribution in [-0.2, 0) is 52.5 Å². The largest absolute Gasteiger partial charge is 0.326 e. The second-order valence-electron chi connectivity index (χ2n) is 18.8. The maximum atomic E-state index is 9.05. The van der Waals surface area contributed by atoms with E-state index < -0.39 is 0 Å². The number of nitrogens with one attached hydrogen (secondary N) is 1. The molecule has 14 rings (SSSR count). The van der Waals surface area contributed by atoms with E-state index in [9.17, 15) is 0 Å². The summed E-state index contributed by atoms with van der Waals surface area (Å²) in [6.07, 6.45) is 1.37. The molecule has 4 aliphatic heterocycles. The molecule has 6 bridgehead atoms. The van der Waals surface area contributed by atoms with Crippen molar-refractivity contribution in [3.8, 4) is 0 Å². The van der Waals surface area contributed by atoms with E-state index in [1.165, 1.54) is 6.21 Å². The Morgan fingerprint density at radius 2 is 0.573 bits per heavy atom. The number of nitrogens with two attached hydrogens (primary N) is 7. The second-order valence-corrected chi connectivity index (χ2v) is 18.8. The van der Waals surface area contributed by atoms with Crippen molar-refractivity contribution in [2.45, 2.75) is 167 Å². The van der Waals surface area contributed by atoms with Crippen molar-refractivity contribution in [3.63, 3.8) is 0 Å². The van der Waals surface area contributed by atoms with Crippen molar-refractivity contribution in [2.24, 2.45) is 70.1 Å². The molecular weight excluding hydrogens is 1100 g/mol. The van der Waals surface area contributed by atoms with Gasteiger partial charge in [0.2, 0.25) is 0 Å². The highest BCUT2D eigenvalue weighted by Crippen LogP contribution is 2.48. The van der Waals surface area contributed by atoms with Gasteiger partial charge in [0, 0.05) is 101 Å². The van der Waals surface area contributed by atoms with Crippen molar-refractivity contribution in [1.29, 1.82) is 5.41 Å². The summed E-state index contributed by atoms with van der Waals surface area (Å²) in [5.41, 5.74) is 58.9. The minimum Gasteiger partial charge on any atom is -0.326 e. The van der Waals surface area contributed by atoms with Crippen LogP contribution < -0.4 is 51.1 Å². The van der Waals surface area contributed by atoms with Gasteiger partial charge in [-0.3, -0.25) is 9.13 Å². The topological polar surface area (TPSA) is 290 Å². The Kier molecular flexibility index (Phi) is 27.2. The highest BCUT2D eigenvalue weighted by molar-refractivity contribution is 6.31. The average Bonchev–Trinajstić information content (AvgIpc) is 1.79. The molecule has 0 spiro atoms. The van der Waals surface area contributed by atoms with Gasteiger partial charge in [-0.05, 0) is 82.0 Å². The molecule has 89 heavy (non-hydrogen) atoms. The van der Waals surface area contributed by atoms with E-state index in [1.54, 1.807) is 0 Å². The first-order valence-corrected chi connectivity index (χ1v) is 28.4. The summed E-state index contributed by atoms with van der Waals surface area (Å²) in [4.78, 5) is 33.8. The summed E-state index contributed by atoms with van der Waals surface area (Å²) in [7, 11) is 0. The van der Waals surface area contributed by atoms with Crippen LogP contribution in [0.15, 0.2) is 127 Å². The highest BCUT2D eigenvalue weighted by Gasteiger charge is 2.37. The lowest BCUT2D eigenvalue weighted by molar-refractivity contribution is 0.583. The molecule has 0 radical (unpaired) electrons.